The highest BCUT2D eigenvalue weighted by Gasteiger charge is 2.25. The van der Waals surface area contributed by atoms with E-state index in [2.05, 4.69) is 4.37 Å². The molecule has 0 saturated carbocycles. The van der Waals surface area contributed by atoms with Crippen molar-refractivity contribution in [1.29, 1.82) is 0 Å². The van der Waals surface area contributed by atoms with E-state index in [0.717, 1.165) is 26.9 Å². The van der Waals surface area contributed by atoms with Crippen LogP contribution in [0, 0.1) is 6.92 Å². The van der Waals surface area contributed by atoms with Gasteiger partial charge in [0.05, 0.1) is 11.4 Å². The van der Waals surface area contributed by atoms with Crippen molar-refractivity contribution in [2.45, 2.75) is 19.3 Å². The van der Waals surface area contributed by atoms with E-state index < -0.39 is 11.9 Å². The van der Waals surface area contributed by atoms with Crippen LogP contribution in [0.1, 0.15) is 21.9 Å². The van der Waals surface area contributed by atoms with Gasteiger partial charge in [-0.25, -0.2) is 0 Å². The van der Waals surface area contributed by atoms with Crippen molar-refractivity contribution in [2.75, 3.05) is 0 Å². The summed E-state index contributed by atoms with van der Waals surface area (Å²) < 4.78 is 4.36. The maximum Gasteiger partial charge on any atom is 0.312 e. The molecule has 1 unspecified atom stereocenters. The van der Waals surface area contributed by atoms with Crippen molar-refractivity contribution in [3.63, 3.8) is 0 Å². The van der Waals surface area contributed by atoms with Crippen molar-refractivity contribution < 1.29 is 9.90 Å². The molecule has 0 aliphatic carbocycles. The summed E-state index contributed by atoms with van der Waals surface area (Å²) in [6.07, 6.45) is 0.494. The van der Waals surface area contributed by atoms with Crippen LogP contribution >= 0.6 is 11.5 Å². The number of hydrogen-bond donors (Lipinski definition) is 1. The average molecular weight is 297 g/mol. The van der Waals surface area contributed by atoms with Gasteiger partial charge in [0.1, 0.15) is 0 Å². The van der Waals surface area contributed by atoms with Crippen molar-refractivity contribution in [2.24, 2.45) is 0 Å². The SMILES string of the molecule is Cc1ccccc1CC(C(=O)O)c1snc2ccccc12. The van der Waals surface area contributed by atoms with E-state index in [4.69, 9.17) is 0 Å². The lowest BCUT2D eigenvalue weighted by molar-refractivity contribution is -0.138. The predicted molar refractivity (Wildman–Crippen MR) is 84.9 cm³/mol. The van der Waals surface area contributed by atoms with Gasteiger partial charge in [-0.1, -0.05) is 42.5 Å². The molecule has 0 spiro atoms. The molecule has 0 aliphatic rings. The fraction of sp³-hybridized carbons (Fsp3) is 0.176. The zero-order valence-corrected chi connectivity index (χ0v) is 12.4. The summed E-state index contributed by atoms with van der Waals surface area (Å²) in [6.45, 7) is 2.01. The van der Waals surface area contributed by atoms with E-state index >= 15 is 0 Å². The quantitative estimate of drug-likeness (QED) is 0.791. The van der Waals surface area contributed by atoms with Gasteiger partial charge in [-0.3, -0.25) is 4.79 Å². The molecular weight excluding hydrogens is 282 g/mol. The molecule has 106 valence electrons. The Hall–Kier alpha value is -2.20. The van der Waals surface area contributed by atoms with E-state index in [0.29, 0.717) is 6.42 Å². The number of benzene rings is 2. The molecule has 1 heterocycles. The summed E-state index contributed by atoms with van der Waals surface area (Å²) in [5, 5.41) is 10.6. The molecule has 0 bridgehead atoms. The van der Waals surface area contributed by atoms with Crippen molar-refractivity contribution >= 4 is 28.4 Å². The number of nitrogens with zero attached hydrogens (tertiary/aromatic N) is 1. The molecule has 3 nitrogen and oxygen atoms in total. The van der Waals surface area contributed by atoms with Crippen LogP contribution in [0.5, 0.6) is 0 Å². The van der Waals surface area contributed by atoms with Crippen LogP contribution in [-0.4, -0.2) is 15.4 Å². The molecule has 0 radical (unpaired) electrons. The first-order valence-corrected chi connectivity index (χ1v) is 7.56. The van der Waals surface area contributed by atoms with Crippen LogP contribution in [0.2, 0.25) is 0 Å². The van der Waals surface area contributed by atoms with Gasteiger partial charge >= 0.3 is 5.97 Å². The molecule has 0 saturated heterocycles. The summed E-state index contributed by atoms with van der Waals surface area (Å²) in [7, 11) is 0. The number of carbonyl (C=O) groups is 1. The van der Waals surface area contributed by atoms with Crippen LogP contribution < -0.4 is 0 Å². The van der Waals surface area contributed by atoms with Crippen LogP contribution in [0.4, 0.5) is 0 Å². The van der Waals surface area contributed by atoms with Crippen molar-refractivity contribution in [1.82, 2.24) is 4.37 Å². The van der Waals surface area contributed by atoms with Crippen LogP contribution in [-0.2, 0) is 11.2 Å². The van der Waals surface area contributed by atoms with E-state index in [1.165, 1.54) is 11.5 Å². The number of rotatable bonds is 4. The van der Waals surface area contributed by atoms with Crippen molar-refractivity contribution in [3.05, 3.63) is 64.5 Å². The second-order valence-corrected chi connectivity index (χ2v) is 5.89. The van der Waals surface area contributed by atoms with E-state index in [-0.39, 0.29) is 0 Å². The molecule has 4 heteroatoms. The van der Waals surface area contributed by atoms with E-state index in [1.54, 1.807) is 0 Å². The number of aliphatic carboxylic acids is 1. The number of fused-ring (bicyclic) bond motifs is 1. The van der Waals surface area contributed by atoms with Crippen LogP contribution in [0.25, 0.3) is 10.9 Å². The zero-order chi connectivity index (χ0) is 14.8. The van der Waals surface area contributed by atoms with Gasteiger partial charge in [-0.15, -0.1) is 0 Å². The first kappa shape index (κ1) is 13.8. The smallest absolute Gasteiger partial charge is 0.312 e. The zero-order valence-electron chi connectivity index (χ0n) is 11.6. The molecule has 3 rings (SSSR count). The topological polar surface area (TPSA) is 50.2 Å². The fourth-order valence-electron chi connectivity index (χ4n) is 2.51. The lowest BCUT2D eigenvalue weighted by Crippen LogP contribution is -2.14. The highest BCUT2D eigenvalue weighted by Crippen LogP contribution is 2.32. The minimum atomic E-state index is -0.798. The monoisotopic (exact) mass is 297 g/mol. The maximum absolute atomic E-state index is 11.7. The minimum Gasteiger partial charge on any atom is -0.481 e. The molecule has 0 fully saturated rings. The molecule has 1 aromatic heterocycles. The Morgan fingerprint density at radius 2 is 1.90 bits per heavy atom. The summed E-state index contributed by atoms with van der Waals surface area (Å²) >= 11 is 1.29. The molecular formula is C17H15NO2S. The van der Waals surface area contributed by atoms with E-state index in [1.807, 2.05) is 55.5 Å². The average Bonchev–Trinajstić information content (AvgIpc) is 2.90. The molecule has 2 aromatic carbocycles. The fourth-order valence-corrected chi connectivity index (χ4v) is 3.45. The van der Waals surface area contributed by atoms with Gasteiger partial charge in [0, 0.05) is 10.3 Å². The van der Waals surface area contributed by atoms with Gasteiger partial charge in [-0.2, -0.15) is 4.37 Å². The molecule has 1 atom stereocenters. The first-order chi connectivity index (χ1) is 10.2. The second-order valence-electron chi connectivity index (χ2n) is 5.09. The molecule has 21 heavy (non-hydrogen) atoms. The number of carboxylic acids is 1. The van der Waals surface area contributed by atoms with Gasteiger partial charge < -0.3 is 5.11 Å². The lowest BCUT2D eigenvalue weighted by atomic mass is 9.93. The van der Waals surface area contributed by atoms with E-state index in [9.17, 15) is 9.90 Å². The third-order valence-electron chi connectivity index (χ3n) is 3.71. The highest BCUT2D eigenvalue weighted by molar-refractivity contribution is 7.07. The summed E-state index contributed by atoms with van der Waals surface area (Å²) in [6, 6.07) is 15.6. The number of carboxylic acid groups (broad SMARTS) is 1. The maximum atomic E-state index is 11.7. The number of hydrogen-bond acceptors (Lipinski definition) is 3. The molecule has 3 aromatic rings. The summed E-state index contributed by atoms with van der Waals surface area (Å²) in [4.78, 5) is 12.6. The molecule has 0 amide bonds. The summed E-state index contributed by atoms with van der Waals surface area (Å²) in [5.41, 5.74) is 3.06. The Morgan fingerprint density at radius 3 is 2.67 bits per heavy atom. The predicted octanol–water partition coefficient (Wildman–Crippen LogP) is 4.02. The number of aryl methyl sites for hydroxylation is 1. The van der Waals surface area contributed by atoms with Gasteiger partial charge in [-0.05, 0) is 42.1 Å². The molecule has 1 N–H and O–H groups in total. The Morgan fingerprint density at radius 1 is 1.19 bits per heavy atom. The Kier molecular flexibility index (Phi) is 3.71. The van der Waals surface area contributed by atoms with Gasteiger partial charge in [0.2, 0.25) is 0 Å². The largest absolute Gasteiger partial charge is 0.481 e. The third-order valence-corrected chi connectivity index (χ3v) is 4.70. The first-order valence-electron chi connectivity index (χ1n) is 6.78. The van der Waals surface area contributed by atoms with Crippen LogP contribution in [0.15, 0.2) is 48.5 Å². The summed E-state index contributed by atoms with van der Waals surface area (Å²) in [5.74, 6) is -1.35. The minimum absolute atomic E-state index is 0.494. The van der Waals surface area contributed by atoms with Crippen molar-refractivity contribution in [3.8, 4) is 0 Å². The Balaban J connectivity index is 2.03. The second kappa shape index (κ2) is 5.66. The van der Waals surface area contributed by atoms with Gasteiger partial charge in [0.25, 0.3) is 0 Å². The van der Waals surface area contributed by atoms with Gasteiger partial charge in [0.15, 0.2) is 0 Å². The standard InChI is InChI=1S/C17H15NO2S/c1-11-6-2-3-7-12(11)10-14(17(19)20)16-13-8-4-5-9-15(13)18-21-16/h2-9,14H,10H2,1H3,(H,19,20). The Bertz CT molecular complexity index is 794. The third kappa shape index (κ3) is 2.67. The van der Waals surface area contributed by atoms with Crippen LogP contribution in [0.3, 0.4) is 0 Å². The normalized spacial score (nSPS) is 12.4. The molecule has 0 aliphatic heterocycles. The Labute approximate surface area is 127 Å². The lowest BCUT2D eigenvalue weighted by Gasteiger charge is -2.12. The highest BCUT2D eigenvalue weighted by atomic mass is 32.1. The number of aromatic nitrogens is 1.